The second-order valence-corrected chi connectivity index (χ2v) is 5.84. The van der Waals surface area contributed by atoms with Gasteiger partial charge in [-0.05, 0) is 45.2 Å². The first-order valence-electron chi connectivity index (χ1n) is 7.44. The molecule has 0 bridgehead atoms. The third kappa shape index (κ3) is 3.05. The lowest BCUT2D eigenvalue weighted by molar-refractivity contribution is -0.179. The van der Waals surface area contributed by atoms with Crippen molar-refractivity contribution in [1.82, 2.24) is 5.32 Å². The molecule has 0 aromatic heterocycles. The lowest BCUT2D eigenvalue weighted by Crippen LogP contribution is -2.47. The first-order valence-corrected chi connectivity index (χ1v) is 7.44. The topological polar surface area (TPSA) is 39.7 Å². The average Bonchev–Trinajstić information content (AvgIpc) is 2.41. The summed E-state index contributed by atoms with van der Waals surface area (Å²) in [5.74, 6) is 0. The van der Waals surface area contributed by atoms with E-state index in [1.165, 1.54) is 0 Å². The molecule has 1 unspecified atom stereocenters. The molecule has 3 aliphatic heterocycles. The fourth-order valence-electron chi connectivity index (χ4n) is 3.39. The van der Waals surface area contributed by atoms with Crippen molar-refractivity contribution in [2.45, 2.75) is 56.3 Å². The Kier molecular flexibility index (Phi) is 4.19. The summed E-state index contributed by atoms with van der Waals surface area (Å²) in [6, 6.07) is 0. The second kappa shape index (κ2) is 5.87. The van der Waals surface area contributed by atoms with Crippen molar-refractivity contribution >= 4 is 0 Å². The van der Waals surface area contributed by atoms with Crippen LogP contribution >= 0.6 is 0 Å². The van der Waals surface area contributed by atoms with Crippen molar-refractivity contribution in [3.8, 4) is 0 Å². The fraction of sp³-hybridized carbons (Fsp3) is 1.00. The third-order valence-corrected chi connectivity index (χ3v) is 4.52. The van der Waals surface area contributed by atoms with Crippen molar-refractivity contribution in [3.63, 3.8) is 0 Å². The molecule has 0 radical (unpaired) electrons. The summed E-state index contributed by atoms with van der Waals surface area (Å²) in [7, 11) is 0. The van der Waals surface area contributed by atoms with Crippen LogP contribution in [-0.4, -0.2) is 50.7 Å². The normalized spacial score (nSPS) is 33.7. The van der Waals surface area contributed by atoms with Crippen LogP contribution in [0.5, 0.6) is 0 Å². The quantitative estimate of drug-likeness (QED) is 0.811. The predicted octanol–water partition coefficient (Wildman–Crippen LogP) is 1.48. The summed E-state index contributed by atoms with van der Waals surface area (Å²) in [6.45, 7) is 4.76. The molecule has 1 spiro atoms. The van der Waals surface area contributed by atoms with Crippen molar-refractivity contribution in [2.75, 3.05) is 32.9 Å². The summed E-state index contributed by atoms with van der Waals surface area (Å²) in [4.78, 5) is 0. The van der Waals surface area contributed by atoms with Crippen LogP contribution in [0.3, 0.4) is 0 Å². The molecular formula is C14H25NO3. The number of hydrogen-bond acceptors (Lipinski definition) is 4. The first-order chi connectivity index (χ1) is 8.86. The van der Waals surface area contributed by atoms with E-state index in [2.05, 4.69) is 5.32 Å². The Hall–Kier alpha value is -0.160. The van der Waals surface area contributed by atoms with Gasteiger partial charge in [0.2, 0.25) is 0 Å². The van der Waals surface area contributed by atoms with Crippen LogP contribution in [0.4, 0.5) is 0 Å². The summed E-state index contributed by atoms with van der Waals surface area (Å²) in [5.41, 5.74) is 0.0636. The third-order valence-electron chi connectivity index (χ3n) is 4.52. The molecule has 1 N–H and O–H groups in total. The molecular weight excluding hydrogens is 230 g/mol. The van der Waals surface area contributed by atoms with Crippen LogP contribution in [0.1, 0.15) is 38.5 Å². The zero-order valence-corrected chi connectivity index (χ0v) is 11.2. The van der Waals surface area contributed by atoms with Crippen molar-refractivity contribution in [3.05, 3.63) is 0 Å². The van der Waals surface area contributed by atoms with Gasteiger partial charge in [0.05, 0.1) is 17.8 Å². The number of nitrogens with one attached hydrogen (secondary N) is 1. The summed E-state index contributed by atoms with van der Waals surface area (Å²) in [6.07, 6.45) is 7.40. The summed E-state index contributed by atoms with van der Waals surface area (Å²) in [5, 5.41) is 3.39. The molecule has 3 saturated heterocycles. The molecule has 3 rings (SSSR count). The molecule has 0 aliphatic carbocycles. The van der Waals surface area contributed by atoms with Gasteiger partial charge in [-0.3, -0.25) is 0 Å². The maximum atomic E-state index is 6.30. The Morgan fingerprint density at radius 2 is 1.72 bits per heavy atom. The Morgan fingerprint density at radius 3 is 2.50 bits per heavy atom. The maximum Gasteiger partial charge on any atom is 0.0751 e. The van der Waals surface area contributed by atoms with Crippen molar-refractivity contribution in [1.29, 1.82) is 0 Å². The number of piperidine rings is 1. The highest BCUT2D eigenvalue weighted by Crippen LogP contribution is 2.36. The Balaban J connectivity index is 1.52. The van der Waals surface area contributed by atoms with E-state index in [1.807, 2.05) is 0 Å². The van der Waals surface area contributed by atoms with Gasteiger partial charge in [0, 0.05) is 26.2 Å². The molecule has 3 heterocycles. The molecule has 0 saturated carbocycles. The lowest BCUT2D eigenvalue weighted by atomic mass is 9.85. The highest BCUT2D eigenvalue weighted by atomic mass is 16.5. The Morgan fingerprint density at radius 1 is 0.944 bits per heavy atom. The largest absolute Gasteiger partial charge is 0.381 e. The average molecular weight is 255 g/mol. The van der Waals surface area contributed by atoms with Gasteiger partial charge in [0.25, 0.3) is 0 Å². The highest BCUT2D eigenvalue weighted by molar-refractivity contribution is 4.90. The highest BCUT2D eigenvalue weighted by Gasteiger charge is 2.40. The second-order valence-electron chi connectivity index (χ2n) is 5.84. The molecule has 104 valence electrons. The van der Waals surface area contributed by atoms with Crippen LogP contribution in [0.25, 0.3) is 0 Å². The molecule has 3 fully saturated rings. The molecule has 4 heteroatoms. The Labute approximate surface area is 109 Å². The van der Waals surface area contributed by atoms with E-state index in [-0.39, 0.29) is 5.60 Å². The first kappa shape index (κ1) is 12.9. The minimum absolute atomic E-state index is 0.0636. The maximum absolute atomic E-state index is 6.30. The molecule has 1 atom stereocenters. The van der Waals surface area contributed by atoms with Crippen LogP contribution in [0.2, 0.25) is 0 Å². The minimum Gasteiger partial charge on any atom is -0.381 e. The zero-order valence-electron chi connectivity index (χ0n) is 11.2. The van der Waals surface area contributed by atoms with Crippen molar-refractivity contribution < 1.29 is 14.2 Å². The Bertz CT molecular complexity index is 254. The van der Waals surface area contributed by atoms with E-state index < -0.39 is 0 Å². The van der Waals surface area contributed by atoms with E-state index in [0.717, 1.165) is 71.4 Å². The van der Waals surface area contributed by atoms with E-state index in [9.17, 15) is 0 Å². The van der Waals surface area contributed by atoms with E-state index in [0.29, 0.717) is 12.2 Å². The smallest absolute Gasteiger partial charge is 0.0751 e. The molecule has 18 heavy (non-hydrogen) atoms. The van der Waals surface area contributed by atoms with Gasteiger partial charge in [0.1, 0.15) is 0 Å². The number of ether oxygens (including phenoxy) is 3. The standard InChI is InChI=1S/C14H25NO3/c1-6-15-7-2-12(1)18-13-3-8-17-14(11-13)4-9-16-10-5-14/h12-13,15H,1-11H2. The van der Waals surface area contributed by atoms with E-state index in [4.69, 9.17) is 14.2 Å². The molecule has 0 aromatic rings. The summed E-state index contributed by atoms with van der Waals surface area (Å²) >= 11 is 0. The van der Waals surface area contributed by atoms with Gasteiger partial charge in [-0.15, -0.1) is 0 Å². The van der Waals surface area contributed by atoms with Gasteiger partial charge < -0.3 is 19.5 Å². The SMILES string of the molecule is C1CC(OC2CCOC3(CCOCC3)C2)CCN1. The molecule has 0 amide bonds. The monoisotopic (exact) mass is 255 g/mol. The van der Waals surface area contributed by atoms with Gasteiger partial charge in [0.15, 0.2) is 0 Å². The number of rotatable bonds is 2. The molecule has 0 aromatic carbocycles. The van der Waals surface area contributed by atoms with Crippen LogP contribution in [-0.2, 0) is 14.2 Å². The summed E-state index contributed by atoms with van der Waals surface area (Å²) < 4.78 is 17.8. The van der Waals surface area contributed by atoms with Crippen LogP contribution < -0.4 is 5.32 Å². The van der Waals surface area contributed by atoms with Crippen LogP contribution in [0.15, 0.2) is 0 Å². The predicted molar refractivity (Wildman–Crippen MR) is 68.7 cm³/mol. The van der Waals surface area contributed by atoms with Gasteiger partial charge in [-0.1, -0.05) is 0 Å². The van der Waals surface area contributed by atoms with Crippen LogP contribution in [0, 0.1) is 0 Å². The van der Waals surface area contributed by atoms with Crippen molar-refractivity contribution in [2.24, 2.45) is 0 Å². The van der Waals surface area contributed by atoms with Gasteiger partial charge >= 0.3 is 0 Å². The molecule has 4 nitrogen and oxygen atoms in total. The molecule has 3 aliphatic rings. The van der Waals surface area contributed by atoms with Gasteiger partial charge in [-0.2, -0.15) is 0 Å². The van der Waals surface area contributed by atoms with Gasteiger partial charge in [-0.25, -0.2) is 0 Å². The zero-order chi connectivity index (χ0) is 12.3. The fourth-order valence-corrected chi connectivity index (χ4v) is 3.39. The van der Waals surface area contributed by atoms with E-state index >= 15 is 0 Å². The minimum atomic E-state index is 0.0636. The van der Waals surface area contributed by atoms with E-state index in [1.54, 1.807) is 0 Å². The number of hydrogen-bond donors (Lipinski definition) is 1. The lowest BCUT2D eigenvalue weighted by Gasteiger charge is -2.44.